The molecule has 0 radical (unpaired) electrons. The van der Waals surface area contributed by atoms with E-state index in [4.69, 9.17) is 9.47 Å². The van der Waals surface area contributed by atoms with Gasteiger partial charge in [-0.05, 0) is 83.8 Å². The molecule has 0 unspecified atom stereocenters. The van der Waals surface area contributed by atoms with E-state index >= 15 is 0 Å². The number of nitrogens with one attached hydrogen (secondary N) is 1. The fourth-order valence-electron chi connectivity index (χ4n) is 5.04. The van der Waals surface area contributed by atoms with Gasteiger partial charge in [-0.3, -0.25) is 9.71 Å². The Morgan fingerprint density at radius 1 is 0.787 bits per heavy atom. The van der Waals surface area contributed by atoms with Gasteiger partial charge in [0.25, 0.3) is 0 Å². The van der Waals surface area contributed by atoms with Crippen LogP contribution in [0.1, 0.15) is 33.4 Å². The van der Waals surface area contributed by atoms with E-state index in [0.717, 1.165) is 34.2 Å². The lowest BCUT2D eigenvalue weighted by Gasteiger charge is -2.28. The summed E-state index contributed by atoms with van der Waals surface area (Å²) in [4.78, 5) is 6.28. The number of hydrogen-bond acceptors (Lipinski definition) is 8. The summed E-state index contributed by atoms with van der Waals surface area (Å²) in [5, 5.41) is 18.8. The van der Waals surface area contributed by atoms with Gasteiger partial charge in [0, 0.05) is 43.7 Å². The van der Waals surface area contributed by atoms with Crippen LogP contribution in [0.25, 0.3) is 0 Å². The number of pyridine rings is 1. The molecule has 5 rings (SSSR count). The van der Waals surface area contributed by atoms with Crippen LogP contribution in [0.15, 0.2) is 109 Å². The first-order valence-corrected chi connectivity index (χ1v) is 16.7. The predicted octanol–water partition coefficient (Wildman–Crippen LogP) is 7.13. The normalized spacial score (nSPS) is 10.8. The maximum atomic E-state index is 12.0. The molecule has 5 aromatic rings. The third kappa shape index (κ3) is 9.33. The van der Waals surface area contributed by atoms with Crippen LogP contribution in [0.3, 0.4) is 0 Å². The van der Waals surface area contributed by atoms with Gasteiger partial charge in [-0.2, -0.15) is 10.5 Å². The first-order valence-electron chi connectivity index (χ1n) is 14.8. The summed E-state index contributed by atoms with van der Waals surface area (Å²) in [5.74, 6) is 1.63. The van der Waals surface area contributed by atoms with E-state index in [9.17, 15) is 18.9 Å². The van der Waals surface area contributed by atoms with E-state index < -0.39 is 10.0 Å². The second kappa shape index (κ2) is 15.0. The van der Waals surface area contributed by atoms with Gasteiger partial charge in [-0.25, -0.2) is 8.42 Å². The number of sulfonamides is 1. The van der Waals surface area contributed by atoms with Crippen LogP contribution >= 0.6 is 0 Å². The maximum Gasteiger partial charge on any atom is 0.229 e. The Labute approximate surface area is 275 Å². The summed E-state index contributed by atoms with van der Waals surface area (Å²) < 4.78 is 38.7. The highest BCUT2D eigenvalue weighted by Gasteiger charge is 2.16. The molecule has 0 saturated carbocycles. The Kier molecular flexibility index (Phi) is 10.4. The molecule has 0 spiro atoms. The van der Waals surface area contributed by atoms with Crippen LogP contribution in [0, 0.1) is 29.6 Å². The minimum Gasteiger partial charge on any atom is -0.493 e. The molecule has 0 aliphatic rings. The van der Waals surface area contributed by atoms with Gasteiger partial charge in [-0.1, -0.05) is 36.4 Å². The number of rotatable bonds is 13. The van der Waals surface area contributed by atoms with Crippen molar-refractivity contribution in [1.29, 1.82) is 10.5 Å². The van der Waals surface area contributed by atoms with Crippen LogP contribution in [-0.2, 0) is 29.5 Å². The zero-order chi connectivity index (χ0) is 33.2. The van der Waals surface area contributed by atoms with Gasteiger partial charge in [0.15, 0.2) is 0 Å². The molecule has 47 heavy (non-hydrogen) atoms. The molecule has 1 N–H and O–H groups in total. The molecule has 1 heterocycles. The van der Waals surface area contributed by atoms with E-state index in [1.165, 1.54) is 0 Å². The van der Waals surface area contributed by atoms with Crippen LogP contribution in [0.5, 0.6) is 17.2 Å². The highest BCUT2D eigenvalue weighted by atomic mass is 32.2. The Bertz CT molecular complexity index is 2020. The van der Waals surface area contributed by atoms with Crippen molar-refractivity contribution in [3.8, 4) is 29.4 Å². The molecule has 4 aromatic carbocycles. The zero-order valence-corrected chi connectivity index (χ0v) is 26.9. The quantitative estimate of drug-likeness (QED) is 0.144. The van der Waals surface area contributed by atoms with Crippen LogP contribution in [0.2, 0.25) is 0 Å². The Hall–Kier alpha value is -5.84. The summed E-state index contributed by atoms with van der Waals surface area (Å²) in [6, 6.07) is 33.9. The molecule has 0 amide bonds. The van der Waals surface area contributed by atoms with E-state index in [0.29, 0.717) is 60.2 Å². The van der Waals surface area contributed by atoms with Crippen molar-refractivity contribution in [2.45, 2.75) is 26.4 Å². The van der Waals surface area contributed by atoms with Crippen molar-refractivity contribution in [1.82, 2.24) is 4.98 Å². The third-order valence-electron chi connectivity index (χ3n) is 7.32. The van der Waals surface area contributed by atoms with Crippen LogP contribution < -0.4 is 19.1 Å². The summed E-state index contributed by atoms with van der Waals surface area (Å²) in [5.41, 5.74) is 6.24. The maximum absolute atomic E-state index is 12.0. The first kappa shape index (κ1) is 32.6. The highest BCUT2D eigenvalue weighted by molar-refractivity contribution is 7.92. The first-order chi connectivity index (χ1) is 22.7. The second-order valence-electron chi connectivity index (χ2n) is 11.0. The number of aromatic nitrogens is 1. The number of nitriles is 2. The number of anilines is 2. The molecular formula is C37H33N5O4S. The standard InChI is InChI=1S/C37H33N5O4S/c1-27-36(41-47(2,43)44)6-3-7-37(27)42(25-30-10-8-28(22-38)9-11-30)26-31-12-14-33(15-13-31)46-35-20-32(23-39)19-34(21-35)45-18-16-29-5-4-17-40-24-29/h3-15,17,19-21,24,41H,16,18,25-26H2,1-2H3. The fraction of sp³-hybridized carbons (Fsp3) is 0.162. The smallest absolute Gasteiger partial charge is 0.229 e. The van der Waals surface area contributed by atoms with Gasteiger partial charge in [0.1, 0.15) is 17.2 Å². The lowest BCUT2D eigenvalue weighted by Crippen LogP contribution is -2.23. The predicted molar refractivity (Wildman–Crippen MR) is 182 cm³/mol. The van der Waals surface area contributed by atoms with E-state index in [2.05, 4.69) is 26.7 Å². The van der Waals surface area contributed by atoms with Crippen molar-refractivity contribution in [3.63, 3.8) is 0 Å². The lowest BCUT2D eigenvalue weighted by molar-refractivity contribution is 0.320. The van der Waals surface area contributed by atoms with E-state index in [1.807, 2.05) is 67.6 Å². The van der Waals surface area contributed by atoms with Crippen molar-refractivity contribution in [3.05, 3.63) is 143 Å². The Balaban J connectivity index is 1.33. The minimum absolute atomic E-state index is 0.428. The average molecular weight is 644 g/mol. The summed E-state index contributed by atoms with van der Waals surface area (Å²) >= 11 is 0. The second-order valence-corrected chi connectivity index (χ2v) is 12.7. The lowest BCUT2D eigenvalue weighted by atomic mass is 10.1. The topological polar surface area (TPSA) is 128 Å². The zero-order valence-electron chi connectivity index (χ0n) is 26.1. The molecule has 236 valence electrons. The molecule has 0 aliphatic heterocycles. The van der Waals surface area contributed by atoms with Crippen molar-refractivity contribution in [2.24, 2.45) is 0 Å². The summed E-state index contributed by atoms with van der Waals surface area (Å²) in [7, 11) is -3.46. The third-order valence-corrected chi connectivity index (χ3v) is 7.91. The van der Waals surface area contributed by atoms with Crippen molar-refractivity contribution < 1.29 is 17.9 Å². The summed E-state index contributed by atoms with van der Waals surface area (Å²) in [6.07, 6.45) is 5.34. The number of hydrogen-bond donors (Lipinski definition) is 1. The van der Waals surface area contributed by atoms with Gasteiger partial charge in [-0.15, -0.1) is 0 Å². The average Bonchev–Trinajstić information content (AvgIpc) is 3.06. The molecule has 0 atom stereocenters. The number of ether oxygens (including phenoxy) is 2. The number of benzene rings is 4. The molecule has 0 bridgehead atoms. The van der Waals surface area contributed by atoms with Crippen LogP contribution in [-0.4, -0.2) is 26.3 Å². The minimum atomic E-state index is -3.46. The Morgan fingerprint density at radius 3 is 2.11 bits per heavy atom. The van der Waals surface area contributed by atoms with Crippen LogP contribution in [0.4, 0.5) is 11.4 Å². The molecule has 0 saturated heterocycles. The molecular weight excluding hydrogens is 611 g/mol. The fourth-order valence-corrected chi connectivity index (χ4v) is 5.66. The monoisotopic (exact) mass is 643 g/mol. The molecule has 1 aromatic heterocycles. The number of nitrogens with zero attached hydrogens (tertiary/aromatic N) is 4. The SMILES string of the molecule is Cc1c(NS(C)(=O)=O)cccc1N(Cc1ccc(C#N)cc1)Cc1ccc(Oc2cc(C#N)cc(OCCc3cccnc3)c2)cc1. The van der Waals surface area contributed by atoms with Gasteiger partial charge >= 0.3 is 0 Å². The molecule has 9 nitrogen and oxygen atoms in total. The van der Waals surface area contributed by atoms with Gasteiger partial charge < -0.3 is 14.4 Å². The Morgan fingerprint density at radius 2 is 1.47 bits per heavy atom. The van der Waals surface area contributed by atoms with Crippen molar-refractivity contribution >= 4 is 21.4 Å². The van der Waals surface area contributed by atoms with Crippen molar-refractivity contribution in [2.75, 3.05) is 22.5 Å². The largest absolute Gasteiger partial charge is 0.493 e. The molecule has 0 aliphatic carbocycles. The van der Waals surface area contributed by atoms with Gasteiger partial charge in [0.2, 0.25) is 10.0 Å². The van der Waals surface area contributed by atoms with E-state index in [1.54, 1.807) is 48.8 Å². The molecule has 0 fully saturated rings. The van der Waals surface area contributed by atoms with E-state index in [-0.39, 0.29) is 0 Å². The van der Waals surface area contributed by atoms with Gasteiger partial charge in [0.05, 0.1) is 41.8 Å². The summed E-state index contributed by atoms with van der Waals surface area (Å²) in [6.45, 7) is 3.36. The molecule has 10 heteroatoms. The highest BCUT2D eigenvalue weighted by Crippen LogP contribution is 2.31.